The number of esters is 1. The average molecular weight is 286 g/mol. The molecule has 3 N–H and O–H groups in total. The Morgan fingerprint density at radius 2 is 1.90 bits per heavy atom. The highest BCUT2D eigenvalue weighted by molar-refractivity contribution is 6.01. The van der Waals surface area contributed by atoms with E-state index in [1.807, 2.05) is 42.5 Å². The topological polar surface area (TPSA) is 81.4 Å². The summed E-state index contributed by atoms with van der Waals surface area (Å²) in [6, 6.07) is 12.5. The number of carbonyl (C=O) groups is 2. The summed E-state index contributed by atoms with van der Waals surface area (Å²) in [4.78, 5) is 23.2. The number of benzene rings is 2. The smallest absolute Gasteiger partial charge is 0.332 e. The van der Waals surface area contributed by atoms with Crippen molar-refractivity contribution in [1.82, 2.24) is 5.32 Å². The fraction of sp³-hybridized carbons (Fsp3) is 0.250. The second-order valence-electron chi connectivity index (χ2n) is 4.59. The third-order valence-corrected chi connectivity index (χ3v) is 3.16. The standard InChI is InChI=1S/C16H18N2O3/c1-2-21-16(20)14(17)15(19)18-10-12-8-5-7-11-6-3-4-9-13(11)12/h3-9,14H,2,10,17H2,1H3,(H,18,19). The molecular formula is C16H18N2O3. The molecule has 2 aromatic rings. The maximum absolute atomic E-state index is 11.8. The predicted octanol–water partition coefficient (Wildman–Crippen LogP) is 1.35. The van der Waals surface area contributed by atoms with Gasteiger partial charge in [-0.15, -0.1) is 0 Å². The van der Waals surface area contributed by atoms with Crippen LogP contribution in [0.3, 0.4) is 0 Å². The van der Waals surface area contributed by atoms with Crippen LogP contribution in [0.15, 0.2) is 42.5 Å². The highest BCUT2D eigenvalue weighted by Gasteiger charge is 2.22. The van der Waals surface area contributed by atoms with Crippen LogP contribution in [0.4, 0.5) is 0 Å². The van der Waals surface area contributed by atoms with Crippen molar-refractivity contribution in [2.75, 3.05) is 6.61 Å². The highest BCUT2D eigenvalue weighted by atomic mass is 16.5. The number of fused-ring (bicyclic) bond motifs is 1. The van der Waals surface area contributed by atoms with Gasteiger partial charge in [-0.05, 0) is 23.3 Å². The van der Waals surface area contributed by atoms with Crippen molar-refractivity contribution in [1.29, 1.82) is 0 Å². The Morgan fingerprint density at radius 1 is 1.19 bits per heavy atom. The monoisotopic (exact) mass is 286 g/mol. The Bertz CT molecular complexity index is 650. The molecule has 5 nitrogen and oxygen atoms in total. The molecule has 0 aliphatic rings. The minimum absolute atomic E-state index is 0.198. The molecule has 0 aliphatic heterocycles. The zero-order valence-electron chi connectivity index (χ0n) is 11.8. The molecule has 0 aliphatic carbocycles. The van der Waals surface area contributed by atoms with Gasteiger partial charge >= 0.3 is 5.97 Å². The number of nitrogens with one attached hydrogen (secondary N) is 1. The van der Waals surface area contributed by atoms with Gasteiger partial charge in [0.15, 0.2) is 6.04 Å². The van der Waals surface area contributed by atoms with Gasteiger partial charge < -0.3 is 15.8 Å². The average Bonchev–Trinajstić information content (AvgIpc) is 2.52. The second-order valence-corrected chi connectivity index (χ2v) is 4.59. The SMILES string of the molecule is CCOC(=O)C(N)C(=O)NCc1cccc2ccccc12. The summed E-state index contributed by atoms with van der Waals surface area (Å²) in [6.07, 6.45) is 0. The maximum Gasteiger partial charge on any atom is 0.332 e. The summed E-state index contributed by atoms with van der Waals surface area (Å²) in [5, 5.41) is 4.82. The quantitative estimate of drug-likeness (QED) is 0.642. The fourth-order valence-corrected chi connectivity index (χ4v) is 2.08. The molecule has 0 spiro atoms. The van der Waals surface area contributed by atoms with Crippen LogP contribution in [0.5, 0.6) is 0 Å². The van der Waals surface area contributed by atoms with E-state index in [4.69, 9.17) is 10.5 Å². The van der Waals surface area contributed by atoms with E-state index in [9.17, 15) is 9.59 Å². The third-order valence-electron chi connectivity index (χ3n) is 3.16. The van der Waals surface area contributed by atoms with Crippen molar-refractivity contribution in [3.8, 4) is 0 Å². The van der Waals surface area contributed by atoms with Gasteiger partial charge in [0.05, 0.1) is 6.61 Å². The van der Waals surface area contributed by atoms with Crippen LogP contribution < -0.4 is 11.1 Å². The lowest BCUT2D eigenvalue weighted by molar-refractivity contribution is -0.148. The van der Waals surface area contributed by atoms with Gasteiger partial charge in [-0.25, -0.2) is 4.79 Å². The molecule has 1 atom stereocenters. The zero-order chi connectivity index (χ0) is 15.2. The Hall–Kier alpha value is -2.40. The molecule has 0 radical (unpaired) electrons. The van der Waals surface area contributed by atoms with Gasteiger partial charge in [0.25, 0.3) is 0 Å². The van der Waals surface area contributed by atoms with Gasteiger partial charge in [0.1, 0.15) is 0 Å². The van der Waals surface area contributed by atoms with Crippen molar-refractivity contribution in [3.05, 3.63) is 48.0 Å². The molecule has 1 unspecified atom stereocenters. The number of hydrogen-bond acceptors (Lipinski definition) is 4. The molecule has 21 heavy (non-hydrogen) atoms. The van der Waals surface area contributed by atoms with E-state index in [2.05, 4.69) is 5.32 Å². The number of hydrogen-bond donors (Lipinski definition) is 2. The van der Waals surface area contributed by atoms with E-state index < -0.39 is 17.9 Å². The molecule has 5 heteroatoms. The van der Waals surface area contributed by atoms with E-state index >= 15 is 0 Å². The van der Waals surface area contributed by atoms with Crippen LogP contribution in [-0.4, -0.2) is 24.5 Å². The van der Waals surface area contributed by atoms with Crippen molar-refractivity contribution >= 4 is 22.6 Å². The lowest BCUT2D eigenvalue weighted by atomic mass is 10.0. The van der Waals surface area contributed by atoms with E-state index in [1.165, 1.54) is 0 Å². The molecule has 0 saturated carbocycles. The lowest BCUT2D eigenvalue weighted by Crippen LogP contribution is -2.46. The first-order chi connectivity index (χ1) is 10.1. The van der Waals surface area contributed by atoms with E-state index in [1.54, 1.807) is 6.92 Å². The Kier molecular flexibility index (Phi) is 4.90. The number of rotatable bonds is 5. The molecule has 0 heterocycles. The molecule has 2 rings (SSSR count). The molecule has 1 amide bonds. The predicted molar refractivity (Wildman–Crippen MR) is 80.4 cm³/mol. The molecular weight excluding hydrogens is 268 g/mol. The summed E-state index contributed by atoms with van der Waals surface area (Å²) in [5.41, 5.74) is 6.51. The van der Waals surface area contributed by atoms with Crippen LogP contribution in [0.25, 0.3) is 10.8 Å². The summed E-state index contributed by atoms with van der Waals surface area (Å²) < 4.78 is 4.72. The summed E-state index contributed by atoms with van der Waals surface area (Å²) in [5.74, 6) is -1.26. The number of carbonyl (C=O) groups excluding carboxylic acids is 2. The number of nitrogens with two attached hydrogens (primary N) is 1. The van der Waals surface area contributed by atoms with Crippen LogP contribution in [0.1, 0.15) is 12.5 Å². The zero-order valence-corrected chi connectivity index (χ0v) is 11.8. The number of amides is 1. The van der Waals surface area contributed by atoms with E-state index in [0.717, 1.165) is 16.3 Å². The normalized spacial score (nSPS) is 11.9. The Labute approximate surface area is 123 Å². The molecule has 0 bridgehead atoms. The van der Waals surface area contributed by atoms with Crippen LogP contribution in [0, 0.1) is 0 Å². The van der Waals surface area contributed by atoms with Crippen LogP contribution in [0.2, 0.25) is 0 Å². The van der Waals surface area contributed by atoms with Gasteiger partial charge in [-0.1, -0.05) is 42.5 Å². The van der Waals surface area contributed by atoms with E-state index in [0.29, 0.717) is 6.54 Å². The van der Waals surface area contributed by atoms with Crippen molar-refractivity contribution in [3.63, 3.8) is 0 Å². The van der Waals surface area contributed by atoms with Gasteiger partial charge in [0, 0.05) is 6.54 Å². The minimum Gasteiger partial charge on any atom is -0.464 e. The van der Waals surface area contributed by atoms with Crippen LogP contribution >= 0.6 is 0 Å². The van der Waals surface area contributed by atoms with Crippen molar-refractivity contribution in [2.45, 2.75) is 19.5 Å². The number of ether oxygens (including phenoxy) is 1. The summed E-state index contributed by atoms with van der Waals surface area (Å²) in [6.45, 7) is 2.18. The summed E-state index contributed by atoms with van der Waals surface area (Å²) >= 11 is 0. The lowest BCUT2D eigenvalue weighted by Gasteiger charge is -2.12. The van der Waals surface area contributed by atoms with Gasteiger partial charge in [0.2, 0.25) is 5.91 Å². The fourth-order valence-electron chi connectivity index (χ4n) is 2.08. The molecule has 2 aromatic carbocycles. The minimum atomic E-state index is -1.29. The van der Waals surface area contributed by atoms with Crippen molar-refractivity contribution < 1.29 is 14.3 Å². The Morgan fingerprint density at radius 3 is 2.67 bits per heavy atom. The van der Waals surface area contributed by atoms with Gasteiger partial charge in [-0.3, -0.25) is 4.79 Å². The third kappa shape index (κ3) is 3.58. The molecule has 0 aromatic heterocycles. The van der Waals surface area contributed by atoms with E-state index in [-0.39, 0.29) is 6.61 Å². The summed E-state index contributed by atoms with van der Waals surface area (Å²) in [7, 11) is 0. The first kappa shape index (κ1) is 15.0. The largest absolute Gasteiger partial charge is 0.464 e. The van der Waals surface area contributed by atoms with Crippen molar-refractivity contribution in [2.24, 2.45) is 5.73 Å². The first-order valence-electron chi connectivity index (χ1n) is 6.80. The highest BCUT2D eigenvalue weighted by Crippen LogP contribution is 2.18. The molecule has 0 fully saturated rings. The maximum atomic E-state index is 11.8. The van der Waals surface area contributed by atoms with Gasteiger partial charge in [-0.2, -0.15) is 0 Å². The molecule has 0 saturated heterocycles. The molecule has 110 valence electrons. The first-order valence-corrected chi connectivity index (χ1v) is 6.80. The Balaban J connectivity index is 2.05. The van der Waals surface area contributed by atoms with Crippen LogP contribution in [-0.2, 0) is 20.9 Å². The second kappa shape index (κ2) is 6.85.